The van der Waals surface area contributed by atoms with Crippen molar-refractivity contribution in [2.75, 3.05) is 7.05 Å². The summed E-state index contributed by atoms with van der Waals surface area (Å²) in [4.78, 5) is 19.1. The van der Waals surface area contributed by atoms with Gasteiger partial charge in [0.2, 0.25) is 0 Å². The lowest BCUT2D eigenvalue weighted by molar-refractivity contribution is 0.0952. The summed E-state index contributed by atoms with van der Waals surface area (Å²) in [6.45, 7) is 5.17. The lowest BCUT2D eigenvalue weighted by Crippen LogP contribution is -2.30. The second-order valence-electron chi connectivity index (χ2n) is 4.69. The van der Waals surface area contributed by atoms with E-state index in [0.717, 1.165) is 18.0 Å². The average Bonchev–Trinajstić information content (AvgIpc) is 2.95. The maximum absolute atomic E-state index is 11.5. The fraction of sp³-hybridized carbons (Fsp3) is 0.385. The molecule has 3 N–H and O–H groups in total. The molecule has 7 heteroatoms. The summed E-state index contributed by atoms with van der Waals surface area (Å²) >= 11 is 1.64. The predicted molar refractivity (Wildman–Crippen MR) is 77.1 cm³/mol. The van der Waals surface area contributed by atoms with E-state index in [1.54, 1.807) is 24.3 Å². The molecule has 0 bridgehead atoms. The molecule has 0 unspecified atom stereocenters. The van der Waals surface area contributed by atoms with Crippen LogP contribution in [0.4, 0.5) is 0 Å². The zero-order valence-electron chi connectivity index (χ0n) is 11.8. The first-order chi connectivity index (χ1) is 9.51. The van der Waals surface area contributed by atoms with Gasteiger partial charge in [0.1, 0.15) is 11.5 Å². The van der Waals surface area contributed by atoms with Gasteiger partial charge in [0.15, 0.2) is 0 Å². The number of aryl methyl sites for hydroxylation is 2. The van der Waals surface area contributed by atoms with Crippen LogP contribution in [0.15, 0.2) is 16.0 Å². The van der Waals surface area contributed by atoms with E-state index in [0.29, 0.717) is 17.9 Å². The molecule has 2 aromatic rings. The quantitative estimate of drug-likeness (QED) is 0.497. The van der Waals surface area contributed by atoms with E-state index < -0.39 is 0 Å². The van der Waals surface area contributed by atoms with Gasteiger partial charge in [-0.3, -0.25) is 15.1 Å². The molecular weight excluding hydrogens is 276 g/mol. The lowest BCUT2D eigenvalue weighted by Gasteiger charge is -2.14. The van der Waals surface area contributed by atoms with Crippen molar-refractivity contribution >= 4 is 17.2 Å². The summed E-state index contributed by atoms with van der Waals surface area (Å²) in [7, 11) is 2.00. The number of nitrogens with zero attached hydrogens (tertiary/aromatic N) is 2. The minimum absolute atomic E-state index is 0.335. The molecule has 0 aliphatic carbocycles. The third-order valence-electron chi connectivity index (χ3n) is 3.03. The van der Waals surface area contributed by atoms with Crippen LogP contribution in [-0.4, -0.2) is 22.8 Å². The van der Waals surface area contributed by atoms with Gasteiger partial charge in [-0.25, -0.2) is 10.8 Å². The summed E-state index contributed by atoms with van der Waals surface area (Å²) < 4.78 is 5.59. The third-order valence-corrected chi connectivity index (χ3v) is 3.95. The maximum atomic E-state index is 11.5. The SMILES string of the molecule is Cc1ncsc1CN(C)Cc1cc(C(=O)NN)c(C)o1. The highest BCUT2D eigenvalue weighted by atomic mass is 32.1. The molecule has 1 amide bonds. The number of hydrogen-bond acceptors (Lipinski definition) is 6. The van der Waals surface area contributed by atoms with Gasteiger partial charge >= 0.3 is 0 Å². The molecule has 0 radical (unpaired) electrons. The van der Waals surface area contributed by atoms with Crippen molar-refractivity contribution < 1.29 is 9.21 Å². The number of hydrogen-bond donors (Lipinski definition) is 2. The Morgan fingerprint density at radius 2 is 2.25 bits per heavy atom. The minimum atomic E-state index is -0.335. The Balaban J connectivity index is 2.03. The van der Waals surface area contributed by atoms with Crippen molar-refractivity contribution in [3.8, 4) is 0 Å². The van der Waals surface area contributed by atoms with Crippen LogP contribution in [0.25, 0.3) is 0 Å². The maximum Gasteiger partial charge on any atom is 0.268 e. The van der Waals surface area contributed by atoms with E-state index in [1.165, 1.54) is 4.88 Å². The standard InChI is InChI=1S/C13H18N4O2S/c1-8-12(20-7-15-8)6-17(3)5-10-4-11(9(2)19-10)13(18)16-14/h4,7H,5-6,14H2,1-3H3,(H,16,18). The van der Waals surface area contributed by atoms with Gasteiger partial charge in [0.05, 0.1) is 23.3 Å². The smallest absolute Gasteiger partial charge is 0.268 e. The molecule has 0 atom stereocenters. The Bertz CT molecular complexity index is 605. The number of carbonyl (C=O) groups excluding carboxylic acids is 1. The number of carbonyl (C=O) groups is 1. The first-order valence-corrected chi connectivity index (χ1v) is 7.07. The largest absolute Gasteiger partial charge is 0.464 e. The summed E-state index contributed by atoms with van der Waals surface area (Å²) in [6, 6.07) is 1.73. The Morgan fingerprint density at radius 1 is 1.50 bits per heavy atom. The molecule has 0 saturated carbocycles. The molecule has 0 spiro atoms. The molecule has 0 aliphatic rings. The number of rotatable bonds is 5. The van der Waals surface area contributed by atoms with Crippen LogP contribution in [0.3, 0.4) is 0 Å². The van der Waals surface area contributed by atoms with Crippen molar-refractivity contribution in [1.82, 2.24) is 15.3 Å². The van der Waals surface area contributed by atoms with E-state index >= 15 is 0 Å². The van der Waals surface area contributed by atoms with Gasteiger partial charge in [-0.2, -0.15) is 0 Å². The lowest BCUT2D eigenvalue weighted by atomic mass is 10.2. The zero-order chi connectivity index (χ0) is 14.7. The van der Waals surface area contributed by atoms with Crippen molar-refractivity contribution in [2.24, 2.45) is 5.84 Å². The van der Waals surface area contributed by atoms with Crippen LogP contribution in [0.5, 0.6) is 0 Å². The van der Waals surface area contributed by atoms with E-state index in [9.17, 15) is 4.79 Å². The molecule has 6 nitrogen and oxygen atoms in total. The van der Waals surface area contributed by atoms with E-state index in [-0.39, 0.29) is 5.91 Å². The highest BCUT2D eigenvalue weighted by Gasteiger charge is 2.15. The molecule has 0 aromatic carbocycles. The van der Waals surface area contributed by atoms with Crippen LogP contribution in [0.2, 0.25) is 0 Å². The highest BCUT2D eigenvalue weighted by Crippen LogP contribution is 2.19. The van der Waals surface area contributed by atoms with Crippen molar-refractivity contribution in [3.05, 3.63) is 39.2 Å². The number of furan rings is 1. The topological polar surface area (TPSA) is 84.4 Å². The van der Waals surface area contributed by atoms with E-state index in [2.05, 4.69) is 15.3 Å². The van der Waals surface area contributed by atoms with Gasteiger partial charge in [-0.15, -0.1) is 11.3 Å². The van der Waals surface area contributed by atoms with Crippen LogP contribution < -0.4 is 11.3 Å². The van der Waals surface area contributed by atoms with E-state index in [1.807, 2.05) is 19.5 Å². The first-order valence-electron chi connectivity index (χ1n) is 6.19. The van der Waals surface area contributed by atoms with Gasteiger partial charge in [0, 0.05) is 11.4 Å². The van der Waals surface area contributed by atoms with Gasteiger partial charge < -0.3 is 4.42 Å². The average molecular weight is 294 g/mol. The number of nitrogen functional groups attached to an aromatic ring is 1. The predicted octanol–water partition coefficient (Wildman–Crippen LogP) is 1.59. The number of thiazole rings is 1. The summed E-state index contributed by atoms with van der Waals surface area (Å²) in [5.41, 5.74) is 5.49. The second-order valence-corrected chi connectivity index (χ2v) is 5.63. The van der Waals surface area contributed by atoms with Gasteiger partial charge in [-0.05, 0) is 27.0 Å². The normalized spacial score (nSPS) is 11.1. The molecular formula is C13H18N4O2S. The number of nitrogens with two attached hydrogens (primary N) is 1. The fourth-order valence-electron chi connectivity index (χ4n) is 1.97. The summed E-state index contributed by atoms with van der Waals surface area (Å²) in [5.74, 6) is 6.11. The van der Waals surface area contributed by atoms with Gasteiger partial charge in [0.25, 0.3) is 5.91 Å². The van der Waals surface area contributed by atoms with Crippen LogP contribution in [0, 0.1) is 13.8 Å². The molecule has 0 aliphatic heterocycles. The fourth-order valence-corrected chi connectivity index (χ4v) is 2.83. The Morgan fingerprint density at radius 3 is 2.85 bits per heavy atom. The molecule has 20 heavy (non-hydrogen) atoms. The number of aromatic nitrogens is 1. The van der Waals surface area contributed by atoms with Crippen LogP contribution in [0.1, 0.15) is 32.4 Å². The monoisotopic (exact) mass is 294 g/mol. The third kappa shape index (κ3) is 3.24. The summed E-state index contributed by atoms with van der Waals surface area (Å²) in [6.07, 6.45) is 0. The number of hydrazine groups is 1. The van der Waals surface area contributed by atoms with Crippen molar-refractivity contribution in [3.63, 3.8) is 0 Å². The van der Waals surface area contributed by atoms with Crippen molar-refractivity contribution in [2.45, 2.75) is 26.9 Å². The molecule has 2 rings (SSSR count). The highest BCUT2D eigenvalue weighted by molar-refractivity contribution is 7.09. The molecule has 2 heterocycles. The minimum Gasteiger partial charge on any atom is -0.464 e. The Kier molecular flexibility index (Phi) is 4.53. The van der Waals surface area contributed by atoms with E-state index in [4.69, 9.17) is 10.3 Å². The van der Waals surface area contributed by atoms with Crippen LogP contribution in [-0.2, 0) is 13.1 Å². The zero-order valence-corrected chi connectivity index (χ0v) is 12.6. The molecule has 0 fully saturated rings. The van der Waals surface area contributed by atoms with Gasteiger partial charge in [-0.1, -0.05) is 0 Å². The molecule has 108 valence electrons. The number of amides is 1. The Labute approximate surface area is 121 Å². The van der Waals surface area contributed by atoms with Crippen molar-refractivity contribution in [1.29, 1.82) is 0 Å². The first kappa shape index (κ1) is 14.7. The summed E-state index contributed by atoms with van der Waals surface area (Å²) in [5, 5.41) is 0. The molecule has 2 aromatic heterocycles. The van der Waals surface area contributed by atoms with Crippen LogP contribution >= 0.6 is 11.3 Å². The number of nitrogens with one attached hydrogen (secondary N) is 1. The Hall–Kier alpha value is -1.70. The second kappa shape index (κ2) is 6.17. The molecule has 0 saturated heterocycles.